The lowest BCUT2D eigenvalue weighted by Gasteiger charge is -2.29. The summed E-state index contributed by atoms with van der Waals surface area (Å²) in [5, 5.41) is 4.14. The van der Waals surface area contributed by atoms with Crippen LogP contribution in [0.15, 0.2) is 91.3 Å². The van der Waals surface area contributed by atoms with E-state index in [1.54, 1.807) is 30.2 Å². The normalized spacial score (nSPS) is 12.3. The van der Waals surface area contributed by atoms with Crippen LogP contribution in [0.3, 0.4) is 0 Å². The number of alkyl halides is 3. The second-order valence-corrected chi connectivity index (χ2v) is 9.02. The van der Waals surface area contributed by atoms with Gasteiger partial charge in [-0.15, -0.1) is 0 Å². The van der Waals surface area contributed by atoms with Gasteiger partial charge in [-0.3, -0.25) is 14.5 Å². The number of pyridine rings is 1. The second-order valence-electron chi connectivity index (χ2n) is 9.02. The molecule has 0 fully saturated rings. The minimum atomic E-state index is -4.46. The van der Waals surface area contributed by atoms with E-state index in [4.69, 9.17) is 4.74 Å². The van der Waals surface area contributed by atoms with Gasteiger partial charge in [0.05, 0.1) is 18.4 Å². The molecule has 4 aromatic rings. The van der Waals surface area contributed by atoms with E-state index < -0.39 is 29.7 Å². The summed E-state index contributed by atoms with van der Waals surface area (Å²) in [6.45, 7) is 0.0797. The number of aromatic nitrogens is 3. The Labute approximate surface area is 229 Å². The molecule has 0 aliphatic carbocycles. The van der Waals surface area contributed by atoms with Crippen LogP contribution in [-0.4, -0.2) is 44.7 Å². The van der Waals surface area contributed by atoms with E-state index in [1.165, 1.54) is 36.3 Å². The third-order valence-electron chi connectivity index (χ3n) is 6.38. The van der Waals surface area contributed by atoms with Gasteiger partial charge in [-0.25, -0.2) is 4.79 Å². The molecule has 4 rings (SSSR count). The quantitative estimate of drug-likeness (QED) is 0.209. The van der Waals surface area contributed by atoms with Crippen molar-refractivity contribution in [1.29, 1.82) is 0 Å². The van der Waals surface area contributed by atoms with Crippen molar-refractivity contribution >= 4 is 18.0 Å². The van der Waals surface area contributed by atoms with Gasteiger partial charge in [0.1, 0.15) is 6.04 Å². The van der Waals surface area contributed by atoms with E-state index in [0.717, 1.165) is 29.0 Å². The molecular formula is C30H27F3N4O3. The van der Waals surface area contributed by atoms with E-state index in [1.807, 2.05) is 42.5 Å². The van der Waals surface area contributed by atoms with Crippen LogP contribution in [-0.2, 0) is 40.5 Å². The Morgan fingerprint density at radius 3 is 2.30 bits per heavy atom. The molecule has 10 heteroatoms. The predicted molar refractivity (Wildman–Crippen MR) is 143 cm³/mol. The molecule has 0 radical (unpaired) electrons. The summed E-state index contributed by atoms with van der Waals surface area (Å²) in [7, 11) is 2.98. The number of aryl methyl sites for hydroxylation is 1. The lowest BCUT2D eigenvalue weighted by atomic mass is 10.0. The maximum absolute atomic E-state index is 13.5. The Morgan fingerprint density at radius 1 is 1.00 bits per heavy atom. The summed E-state index contributed by atoms with van der Waals surface area (Å²) in [5.41, 5.74) is 2.78. The monoisotopic (exact) mass is 548 g/mol. The molecule has 0 bridgehead atoms. The van der Waals surface area contributed by atoms with Crippen LogP contribution in [0.4, 0.5) is 13.2 Å². The lowest BCUT2D eigenvalue weighted by Crippen LogP contribution is -2.46. The van der Waals surface area contributed by atoms with Gasteiger partial charge in [0, 0.05) is 49.7 Å². The molecule has 0 aliphatic heterocycles. The number of benzene rings is 2. The summed E-state index contributed by atoms with van der Waals surface area (Å²) in [6.07, 6.45) is 1.64. The minimum absolute atomic E-state index is 0.0797. The molecule has 0 aliphatic rings. The highest BCUT2D eigenvalue weighted by molar-refractivity contribution is 5.94. The number of hydrogen-bond acceptors (Lipinski definition) is 5. The van der Waals surface area contributed by atoms with Crippen molar-refractivity contribution in [2.24, 2.45) is 7.05 Å². The van der Waals surface area contributed by atoms with E-state index in [0.29, 0.717) is 11.3 Å². The summed E-state index contributed by atoms with van der Waals surface area (Å²) in [6, 6.07) is 18.3. The largest absolute Gasteiger partial charge is 0.467 e. The van der Waals surface area contributed by atoms with Crippen LogP contribution in [0.2, 0.25) is 0 Å². The van der Waals surface area contributed by atoms with Crippen LogP contribution >= 0.6 is 0 Å². The first kappa shape index (κ1) is 28.3. The van der Waals surface area contributed by atoms with Gasteiger partial charge in [0.15, 0.2) is 0 Å². The maximum Gasteiger partial charge on any atom is 0.416 e. The van der Waals surface area contributed by atoms with Crippen LogP contribution < -0.4 is 0 Å². The fraction of sp³-hybridized carbons (Fsp3) is 0.200. The van der Waals surface area contributed by atoms with Gasteiger partial charge in [0.25, 0.3) is 0 Å². The number of hydrogen-bond donors (Lipinski definition) is 0. The SMILES string of the molecule is COC(=O)C(Cc1ccnn1C)N(Cc1ccc(-c2ccccn2)cc1)C(=O)C=Cc1ccc(C(F)(F)F)cc1. The molecule has 2 aromatic heterocycles. The van der Waals surface area contributed by atoms with Gasteiger partial charge in [-0.05, 0) is 47.5 Å². The lowest BCUT2D eigenvalue weighted by molar-refractivity contribution is -0.151. The summed E-state index contributed by atoms with van der Waals surface area (Å²) < 4.78 is 45.4. The molecule has 206 valence electrons. The zero-order valence-electron chi connectivity index (χ0n) is 21.9. The average molecular weight is 549 g/mol. The topological polar surface area (TPSA) is 77.3 Å². The third kappa shape index (κ3) is 7.02. The van der Waals surface area contributed by atoms with Crippen LogP contribution in [0.1, 0.15) is 22.4 Å². The number of rotatable bonds is 9. The number of ether oxygens (including phenoxy) is 1. The predicted octanol–water partition coefficient (Wildman–Crippen LogP) is 5.33. The molecule has 2 aromatic carbocycles. The molecule has 0 saturated heterocycles. The maximum atomic E-state index is 13.5. The van der Waals surface area contributed by atoms with Crippen molar-refractivity contribution in [3.05, 3.63) is 114 Å². The number of carbonyl (C=O) groups is 2. The number of halogens is 3. The number of esters is 1. The Bertz CT molecular complexity index is 1460. The van der Waals surface area contributed by atoms with Crippen molar-refractivity contribution in [1.82, 2.24) is 19.7 Å². The Balaban J connectivity index is 1.63. The third-order valence-corrected chi connectivity index (χ3v) is 6.38. The summed E-state index contributed by atoms with van der Waals surface area (Å²) in [4.78, 5) is 32.2. The highest BCUT2D eigenvalue weighted by Gasteiger charge is 2.32. The molecule has 0 saturated carbocycles. The zero-order chi connectivity index (χ0) is 28.7. The number of carbonyl (C=O) groups excluding carboxylic acids is 2. The molecule has 40 heavy (non-hydrogen) atoms. The van der Waals surface area contributed by atoms with Gasteiger partial charge < -0.3 is 9.64 Å². The number of nitrogens with zero attached hydrogens (tertiary/aromatic N) is 4. The van der Waals surface area contributed by atoms with Crippen LogP contribution in [0, 0.1) is 0 Å². The van der Waals surface area contributed by atoms with Gasteiger partial charge in [-0.2, -0.15) is 18.3 Å². The molecule has 0 spiro atoms. The van der Waals surface area contributed by atoms with Gasteiger partial charge in [0.2, 0.25) is 5.91 Å². The van der Waals surface area contributed by atoms with Crippen molar-refractivity contribution < 1.29 is 27.5 Å². The standard InChI is InChI=1S/C30H27F3N4O3/c1-36-25(16-18-35-36)19-27(29(39)40-2)37(20-22-6-11-23(12-7-22)26-5-3-4-17-34-26)28(38)15-10-21-8-13-24(14-9-21)30(31,32)33/h3-18,27H,19-20H2,1-2H3. The fourth-order valence-electron chi connectivity index (χ4n) is 4.16. The van der Waals surface area contributed by atoms with Crippen molar-refractivity contribution in [3.63, 3.8) is 0 Å². The first-order valence-corrected chi connectivity index (χ1v) is 12.4. The molecule has 1 amide bonds. The Kier molecular flexibility index (Phi) is 8.78. The van der Waals surface area contributed by atoms with Crippen molar-refractivity contribution in [2.75, 3.05) is 7.11 Å². The second kappa shape index (κ2) is 12.4. The zero-order valence-corrected chi connectivity index (χ0v) is 21.9. The molecular weight excluding hydrogens is 521 g/mol. The average Bonchev–Trinajstić information content (AvgIpc) is 3.37. The van der Waals surface area contributed by atoms with E-state index in [9.17, 15) is 22.8 Å². The highest BCUT2D eigenvalue weighted by atomic mass is 19.4. The summed E-state index contributed by atoms with van der Waals surface area (Å²) in [5.74, 6) is -1.12. The van der Waals surface area contributed by atoms with E-state index in [-0.39, 0.29) is 13.0 Å². The fourth-order valence-corrected chi connectivity index (χ4v) is 4.16. The molecule has 2 heterocycles. The highest BCUT2D eigenvalue weighted by Crippen LogP contribution is 2.29. The number of methoxy groups -OCH3 is 1. The minimum Gasteiger partial charge on any atom is -0.467 e. The van der Waals surface area contributed by atoms with Gasteiger partial charge in [-0.1, -0.05) is 42.5 Å². The molecule has 1 atom stereocenters. The first-order valence-electron chi connectivity index (χ1n) is 12.4. The Morgan fingerprint density at radius 2 is 1.73 bits per heavy atom. The first-order chi connectivity index (χ1) is 19.2. The Hall–Kier alpha value is -4.73. The van der Waals surface area contributed by atoms with Crippen molar-refractivity contribution in [3.8, 4) is 11.3 Å². The molecule has 7 nitrogen and oxygen atoms in total. The summed E-state index contributed by atoms with van der Waals surface area (Å²) >= 11 is 0. The van der Waals surface area contributed by atoms with Crippen LogP contribution in [0.25, 0.3) is 17.3 Å². The smallest absolute Gasteiger partial charge is 0.416 e. The molecule has 1 unspecified atom stereocenters. The van der Waals surface area contributed by atoms with E-state index >= 15 is 0 Å². The van der Waals surface area contributed by atoms with E-state index in [2.05, 4.69) is 10.1 Å². The van der Waals surface area contributed by atoms with Crippen molar-refractivity contribution in [2.45, 2.75) is 25.2 Å². The number of amides is 1. The molecule has 0 N–H and O–H groups in total. The van der Waals surface area contributed by atoms with Crippen LogP contribution in [0.5, 0.6) is 0 Å². The van der Waals surface area contributed by atoms with Gasteiger partial charge >= 0.3 is 12.1 Å².